The van der Waals surface area contributed by atoms with Gasteiger partial charge in [-0.3, -0.25) is 9.59 Å². The van der Waals surface area contributed by atoms with E-state index in [1.54, 1.807) is 36.4 Å². The number of hydrazone groups is 1. The van der Waals surface area contributed by atoms with Crippen LogP contribution >= 0.6 is 23.2 Å². The maximum atomic E-state index is 12.6. The molecule has 0 radical (unpaired) electrons. The van der Waals surface area contributed by atoms with E-state index in [2.05, 4.69) is 15.8 Å². The molecule has 0 unspecified atom stereocenters. The first-order valence-electron chi connectivity index (χ1n) is 8.16. The minimum Gasteiger partial charge on any atom is -0.375 e. The number of hydrogen-bond acceptors (Lipinski definition) is 5. The van der Waals surface area contributed by atoms with E-state index in [1.807, 2.05) is 0 Å². The number of carbonyl (C=O) groups is 2. The number of rotatable bonds is 5. The Morgan fingerprint density at radius 1 is 1.29 bits per heavy atom. The van der Waals surface area contributed by atoms with E-state index < -0.39 is 17.4 Å². The number of halogens is 2. The van der Waals surface area contributed by atoms with Gasteiger partial charge >= 0.3 is 0 Å². The summed E-state index contributed by atoms with van der Waals surface area (Å²) in [4.78, 5) is 24.2. The van der Waals surface area contributed by atoms with Crippen LogP contribution in [0.1, 0.15) is 24.0 Å². The molecule has 1 heterocycles. The van der Waals surface area contributed by atoms with Gasteiger partial charge in [0, 0.05) is 17.0 Å². The summed E-state index contributed by atoms with van der Waals surface area (Å²) in [5.41, 5.74) is 1.61. The Hall–Kier alpha value is -2.92. The van der Waals surface area contributed by atoms with E-state index >= 15 is 0 Å². The molecule has 0 spiro atoms. The van der Waals surface area contributed by atoms with Gasteiger partial charge in [-0.1, -0.05) is 53.5 Å². The van der Waals surface area contributed by atoms with Gasteiger partial charge in [-0.05, 0) is 17.7 Å². The molecule has 1 atom stereocenters. The number of nitriles is 1. The summed E-state index contributed by atoms with van der Waals surface area (Å²) in [5.74, 6) is -1.29. The van der Waals surface area contributed by atoms with Gasteiger partial charge < -0.3 is 10.4 Å². The van der Waals surface area contributed by atoms with Crippen LogP contribution in [0.4, 0.5) is 5.69 Å². The summed E-state index contributed by atoms with van der Waals surface area (Å²) >= 11 is 12.2. The molecule has 0 aliphatic carbocycles. The molecule has 3 rings (SSSR count). The molecule has 0 fully saturated rings. The van der Waals surface area contributed by atoms with Gasteiger partial charge in [0.2, 0.25) is 0 Å². The molecular formula is C19H14Cl2N4O3. The lowest BCUT2D eigenvalue weighted by atomic mass is 9.87. The minimum absolute atomic E-state index is 0.201. The number of nitrogens with one attached hydrogen (secondary N) is 2. The number of hydrogen-bond donors (Lipinski definition) is 3. The van der Waals surface area contributed by atoms with Crippen molar-refractivity contribution in [2.24, 2.45) is 5.10 Å². The van der Waals surface area contributed by atoms with Crippen molar-refractivity contribution in [3.8, 4) is 6.07 Å². The van der Waals surface area contributed by atoms with E-state index in [9.17, 15) is 14.7 Å². The first-order chi connectivity index (χ1) is 13.3. The lowest BCUT2D eigenvalue weighted by molar-refractivity contribution is -0.132. The Balaban J connectivity index is 2.02. The summed E-state index contributed by atoms with van der Waals surface area (Å²) in [6.45, 7) is 0. The van der Waals surface area contributed by atoms with Gasteiger partial charge in [0.25, 0.3) is 11.8 Å². The van der Waals surface area contributed by atoms with Crippen molar-refractivity contribution in [2.45, 2.75) is 18.4 Å². The first-order valence-corrected chi connectivity index (χ1v) is 8.92. The predicted octanol–water partition coefficient (Wildman–Crippen LogP) is 2.96. The van der Waals surface area contributed by atoms with E-state index in [0.717, 1.165) is 0 Å². The fourth-order valence-electron chi connectivity index (χ4n) is 2.86. The van der Waals surface area contributed by atoms with Crippen LogP contribution in [0.25, 0.3) is 0 Å². The number of fused-ring (bicyclic) bond motifs is 1. The molecule has 28 heavy (non-hydrogen) atoms. The van der Waals surface area contributed by atoms with Crippen LogP contribution in [-0.4, -0.2) is 22.6 Å². The molecule has 2 aromatic carbocycles. The van der Waals surface area contributed by atoms with Crippen LogP contribution in [-0.2, 0) is 15.2 Å². The highest BCUT2D eigenvalue weighted by Gasteiger charge is 2.47. The third-order valence-corrected chi connectivity index (χ3v) is 4.72. The molecule has 9 heteroatoms. The van der Waals surface area contributed by atoms with Crippen LogP contribution in [0.15, 0.2) is 47.6 Å². The molecule has 0 bridgehead atoms. The van der Waals surface area contributed by atoms with Crippen LogP contribution in [0.3, 0.4) is 0 Å². The van der Waals surface area contributed by atoms with Crippen LogP contribution in [0.2, 0.25) is 10.0 Å². The van der Waals surface area contributed by atoms with Crippen LogP contribution in [0, 0.1) is 11.3 Å². The number of amides is 2. The fraction of sp³-hybridized carbons (Fsp3) is 0.158. The van der Waals surface area contributed by atoms with Crippen molar-refractivity contribution in [3.63, 3.8) is 0 Å². The number of carbonyl (C=O) groups excluding carboxylic acids is 2. The molecule has 0 aromatic heterocycles. The third kappa shape index (κ3) is 3.85. The minimum atomic E-state index is -1.99. The predicted molar refractivity (Wildman–Crippen MR) is 105 cm³/mol. The van der Waals surface area contributed by atoms with Crippen molar-refractivity contribution >= 4 is 46.4 Å². The molecule has 1 aliphatic heterocycles. The molecule has 0 saturated carbocycles. The lowest BCUT2D eigenvalue weighted by Crippen LogP contribution is -2.37. The highest BCUT2D eigenvalue weighted by Crippen LogP contribution is 2.44. The second-order valence-corrected chi connectivity index (χ2v) is 6.94. The summed E-state index contributed by atoms with van der Waals surface area (Å²) in [7, 11) is 0. The van der Waals surface area contributed by atoms with Gasteiger partial charge in [-0.25, -0.2) is 5.43 Å². The zero-order valence-electron chi connectivity index (χ0n) is 14.4. The van der Waals surface area contributed by atoms with Crippen LogP contribution in [0.5, 0.6) is 0 Å². The Morgan fingerprint density at radius 2 is 2.00 bits per heavy atom. The zero-order chi connectivity index (χ0) is 20.3. The average Bonchev–Trinajstić information content (AvgIpc) is 2.91. The van der Waals surface area contributed by atoms with E-state index in [4.69, 9.17) is 28.5 Å². The third-order valence-electron chi connectivity index (χ3n) is 4.20. The fourth-order valence-corrected chi connectivity index (χ4v) is 3.40. The van der Waals surface area contributed by atoms with Gasteiger partial charge in [0.1, 0.15) is 6.42 Å². The summed E-state index contributed by atoms with van der Waals surface area (Å²) < 4.78 is 0. The average molecular weight is 417 g/mol. The van der Waals surface area contributed by atoms with Crippen LogP contribution < -0.4 is 10.7 Å². The molecule has 1 aliphatic rings. The number of benzene rings is 2. The Morgan fingerprint density at radius 3 is 2.68 bits per heavy atom. The molecule has 0 saturated heterocycles. The van der Waals surface area contributed by atoms with Crippen molar-refractivity contribution in [3.05, 3.63) is 63.6 Å². The van der Waals surface area contributed by atoms with Crippen molar-refractivity contribution in [1.82, 2.24) is 5.43 Å². The smallest absolute Gasteiger partial charge is 0.261 e. The van der Waals surface area contributed by atoms with Gasteiger partial charge in [-0.2, -0.15) is 10.4 Å². The Bertz CT molecular complexity index is 1020. The lowest BCUT2D eigenvalue weighted by Gasteiger charge is -2.22. The van der Waals surface area contributed by atoms with Gasteiger partial charge in [-0.15, -0.1) is 0 Å². The standard InChI is InChI=1S/C19H14Cl2N4O3/c20-12-8-13-17(14(21)9-12)23-18(27)19(13,28)10-15(11-4-2-1-3-5-11)24-25-16(26)6-7-22/h1-5,8-9,28H,6,10H2,(H,23,27)(H,25,26)/b24-15+/t19-/m0/s1. The summed E-state index contributed by atoms with van der Waals surface area (Å²) in [5, 5.41) is 26.9. The first kappa shape index (κ1) is 19.8. The zero-order valence-corrected chi connectivity index (χ0v) is 15.9. The highest BCUT2D eigenvalue weighted by molar-refractivity contribution is 6.37. The molecule has 7 nitrogen and oxygen atoms in total. The SMILES string of the molecule is N#CCC(=O)N/N=C(\C[C@@]1(O)C(=O)Nc2c(Cl)cc(Cl)cc21)c1ccccc1. The summed E-state index contributed by atoms with van der Waals surface area (Å²) in [6.07, 6.45) is -0.621. The second kappa shape index (κ2) is 7.98. The number of nitrogens with zero attached hydrogens (tertiary/aromatic N) is 2. The van der Waals surface area contributed by atoms with E-state index in [0.29, 0.717) is 5.56 Å². The molecular weight excluding hydrogens is 403 g/mol. The largest absolute Gasteiger partial charge is 0.375 e. The van der Waals surface area contributed by atoms with Gasteiger partial charge in [0.15, 0.2) is 5.60 Å². The second-order valence-electron chi connectivity index (χ2n) is 6.10. The number of anilines is 1. The van der Waals surface area contributed by atoms with Crippen molar-refractivity contribution < 1.29 is 14.7 Å². The Labute approximate surface area is 170 Å². The molecule has 3 N–H and O–H groups in total. The topological polar surface area (TPSA) is 115 Å². The quantitative estimate of drug-likeness (QED) is 0.513. The normalized spacial score (nSPS) is 18.2. The van der Waals surface area contributed by atoms with E-state index in [-0.39, 0.29) is 39.8 Å². The molecule has 2 amide bonds. The van der Waals surface area contributed by atoms with Crippen molar-refractivity contribution in [1.29, 1.82) is 5.26 Å². The Kier molecular flexibility index (Phi) is 5.66. The van der Waals surface area contributed by atoms with Gasteiger partial charge in [0.05, 0.1) is 22.5 Å². The molecule has 142 valence electrons. The summed E-state index contributed by atoms with van der Waals surface area (Å²) in [6, 6.07) is 13.4. The van der Waals surface area contributed by atoms with E-state index in [1.165, 1.54) is 12.1 Å². The maximum Gasteiger partial charge on any atom is 0.261 e. The van der Waals surface area contributed by atoms with Crippen molar-refractivity contribution in [2.75, 3.05) is 5.32 Å². The number of aliphatic hydroxyl groups is 1. The monoisotopic (exact) mass is 416 g/mol. The maximum absolute atomic E-state index is 12.6. The molecule has 2 aromatic rings. The highest BCUT2D eigenvalue weighted by atomic mass is 35.5.